The van der Waals surface area contributed by atoms with Gasteiger partial charge in [0.2, 0.25) is 5.91 Å². The van der Waals surface area contributed by atoms with Crippen LogP contribution < -0.4 is 11.1 Å². The SMILES string of the molecule is NC1CCCC1C(=O)Nc1ccc(Br)cn1. The van der Waals surface area contributed by atoms with Gasteiger partial charge in [0.25, 0.3) is 0 Å². The van der Waals surface area contributed by atoms with Gasteiger partial charge in [0.15, 0.2) is 0 Å². The summed E-state index contributed by atoms with van der Waals surface area (Å²) in [6.07, 6.45) is 4.51. The number of anilines is 1. The van der Waals surface area contributed by atoms with Crippen molar-refractivity contribution in [2.24, 2.45) is 11.7 Å². The Bertz CT molecular complexity index is 379. The number of carbonyl (C=O) groups is 1. The lowest BCUT2D eigenvalue weighted by Gasteiger charge is -2.14. The van der Waals surface area contributed by atoms with Gasteiger partial charge in [-0.3, -0.25) is 4.79 Å². The van der Waals surface area contributed by atoms with Crippen LogP contribution in [0.15, 0.2) is 22.8 Å². The molecule has 1 aromatic rings. The largest absolute Gasteiger partial charge is 0.327 e. The second-order valence-electron chi connectivity index (χ2n) is 4.05. The number of hydrogen-bond donors (Lipinski definition) is 2. The molecule has 0 radical (unpaired) electrons. The van der Waals surface area contributed by atoms with E-state index in [1.165, 1.54) is 0 Å². The first-order chi connectivity index (χ1) is 7.66. The summed E-state index contributed by atoms with van der Waals surface area (Å²) in [4.78, 5) is 16.0. The van der Waals surface area contributed by atoms with Gasteiger partial charge < -0.3 is 11.1 Å². The fourth-order valence-electron chi connectivity index (χ4n) is 1.98. The number of pyridine rings is 1. The highest BCUT2D eigenvalue weighted by atomic mass is 79.9. The molecule has 1 saturated carbocycles. The topological polar surface area (TPSA) is 68.0 Å². The van der Waals surface area contributed by atoms with E-state index in [0.29, 0.717) is 5.82 Å². The molecule has 1 aliphatic carbocycles. The fourth-order valence-corrected chi connectivity index (χ4v) is 2.22. The Morgan fingerprint density at radius 2 is 2.31 bits per heavy atom. The van der Waals surface area contributed by atoms with Crippen LogP contribution in [-0.4, -0.2) is 16.9 Å². The van der Waals surface area contributed by atoms with E-state index < -0.39 is 0 Å². The number of nitrogens with zero attached hydrogens (tertiary/aromatic N) is 1. The number of aromatic nitrogens is 1. The summed E-state index contributed by atoms with van der Waals surface area (Å²) in [6, 6.07) is 3.61. The first-order valence-corrected chi connectivity index (χ1v) is 6.14. The smallest absolute Gasteiger partial charge is 0.230 e. The van der Waals surface area contributed by atoms with Crippen LogP contribution in [0.1, 0.15) is 19.3 Å². The third-order valence-electron chi connectivity index (χ3n) is 2.88. The minimum absolute atomic E-state index is 0.00421. The van der Waals surface area contributed by atoms with E-state index in [9.17, 15) is 4.79 Å². The maximum absolute atomic E-state index is 11.9. The molecule has 0 saturated heterocycles. The second-order valence-corrected chi connectivity index (χ2v) is 4.97. The number of rotatable bonds is 2. The maximum atomic E-state index is 11.9. The molecule has 4 nitrogen and oxygen atoms in total. The zero-order valence-corrected chi connectivity index (χ0v) is 10.4. The van der Waals surface area contributed by atoms with E-state index in [1.807, 2.05) is 6.07 Å². The van der Waals surface area contributed by atoms with Crippen molar-refractivity contribution in [3.8, 4) is 0 Å². The van der Waals surface area contributed by atoms with Crippen LogP contribution in [0.25, 0.3) is 0 Å². The molecule has 5 heteroatoms. The lowest BCUT2D eigenvalue weighted by atomic mass is 10.0. The van der Waals surface area contributed by atoms with Gasteiger partial charge in [0, 0.05) is 16.7 Å². The summed E-state index contributed by atoms with van der Waals surface area (Å²) in [7, 11) is 0. The lowest BCUT2D eigenvalue weighted by molar-refractivity contribution is -0.120. The van der Waals surface area contributed by atoms with Crippen LogP contribution >= 0.6 is 15.9 Å². The molecular formula is C11H14BrN3O. The van der Waals surface area contributed by atoms with Crippen LogP contribution in [-0.2, 0) is 4.79 Å². The molecule has 86 valence electrons. The molecule has 1 amide bonds. The van der Waals surface area contributed by atoms with E-state index in [-0.39, 0.29) is 17.9 Å². The first kappa shape index (κ1) is 11.5. The minimum atomic E-state index is -0.0644. The Morgan fingerprint density at radius 3 is 2.88 bits per heavy atom. The summed E-state index contributed by atoms with van der Waals surface area (Å²) in [6.45, 7) is 0. The van der Waals surface area contributed by atoms with Gasteiger partial charge in [0.05, 0.1) is 5.92 Å². The molecule has 16 heavy (non-hydrogen) atoms. The third kappa shape index (κ3) is 2.59. The molecule has 1 heterocycles. The Morgan fingerprint density at radius 1 is 1.50 bits per heavy atom. The lowest BCUT2D eigenvalue weighted by Crippen LogP contribution is -2.34. The summed E-state index contributed by atoms with van der Waals surface area (Å²) in [5.74, 6) is 0.498. The normalized spacial score (nSPS) is 24.4. The standard InChI is InChI=1S/C11H14BrN3O/c12-7-4-5-10(14-6-7)15-11(16)8-2-1-3-9(8)13/h4-6,8-9H,1-3,13H2,(H,14,15,16). The number of hydrogen-bond acceptors (Lipinski definition) is 3. The Labute approximate surface area is 103 Å². The van der Waals surface area contributed by atoms with Gasteiger partial charge in [-0.05, 0) is 40.9 Å². The van der Waals surface area contributed by atoms with Crippen molar-refractivity contribution in [1.82, 2.24) is 4.98 Å². The molecule has 2 atom stereocenters. The van der Waals surface area contributed by atoms with Crippen molar-refractivity contribution in [1.29, 1.82) is 0 Å². The van der Waals surface area contributed by atoms with Crippen LogP contribution in [0.4, 0.5) is 5.82 Å². The van der Waals surface area contributed by atoms with E-state index >= 15 is 0 Å². The van der Waals surface area contributed by atoms with Gasteiger partial charge in [-0.2, -0.15) is 0 Å². The van der Waals surface area contributed by atoms with E-state index in [4.69, 9.17) is 5.73 Å². The van der Waals surface area contributed by atoms with Crippen molar-refractivity contribution in [2.75, 3.05) is 5.32 Å². The van der Waals surface area contributed by atoms with E-state index in [2.05, 4.69) is 26.2 Å². The van der Waals surface area contributed by atoms with E-state index in [0.717, 1.165) is 23.7 Å². The summed E-state index contributed by atoms with van der Waals surface area (Å²) >= 11 is 3.29. The molecular weight excluding hydrogens is 270 g/mol. The van der Waals surface area contributed by atoms with Crippen molar-refractivity contribution in [3.63, 3.8) is 0 Å². The number of nitrogens with two attached hydrogens (primary N) is 1. The zero-order chi connectivity index (χ0) is 11.5. The number of nitrogens with one attached hydrogen (secondary N) is 1. The molecule has 1 fully saturated rings. The van der Waals surface area contributed by atoms with Crippen LogP contribution in [0, 0.1) is 5.92 Å². The van der Waals surface area contributed by atoms with Crippen molar-refractivity contribution in [2.45, 2.75) is 25.3 Å². The van der Waals surface area contributed by atoms with Gasteiger partial charge in [-0.15, -0.1) is 0 Å². The average molecular weight is 284 g/mol. The highest BCUT2D eigenvalue weighted by Gasteiger charge is 2.30. The zero-order valence-electron chi connectivity index (χ0n) is 8.82. The second kappa shape index (κ2) is 4.93. The highest BCUT2D eigenvalue weighted by molar-refractivity contribution is 9.10. The molecule has 1 aromatic heterocycles. The Kier molecular flexibility index (Phi) is 3.56. The molecule has 2 unspecified atom stereocenters. The Hall–Kier alpha value is -0.940. The van der Waals surface area contributed by atoms with Crippen LogP contribution in [0.3, 0.4) is 0 Å². The third-order valence-corrected chi connectivity index (χ3v) is 3.35. The molecule has 2 rings (SSSR count). The van der Waals surface area contributed by atoms with Gasteiger partial charge in [-0.1, -0.05) is 6.42 Å². The van der Waals surface area contributed by atoms with Crippen molar-refractivity contribution < 1.29 is 4.79 Å². The van der Waals surface area contributed by atoms with Gasteiger partial charge in [-0.25, -0.2) is 4.98 Å². The number of carbonyl (C=O) groups excluding carboxylic acids is 1. The predicted octanol–water partition coefficient (Wildman–Crippen LogP) is 1.91. The highest BCUT2D eigenvalue weighted by Crippen LogP contribution is 2.25. The number of amides is 1. The van der Waals surface area contributed by atoms with Crippen molar-refractivity contribution >= 4 is 27.7 Å². The number of halogens is 1. The molecule has 0 spiro atoms. The quantitative estimate of drug-likeness (QED) is 0.871. The van der Waals surface area contributed by atoms with Crippen LogP contribution in [0.5, 0.6) is 0 Å². The predicted molar refractivity (Wildman–Crippen MR) is 65.9 cm³/mol. The minimum Gasteiger partial charge on any atom is -0.327 e. The van der Waals surface area contributed by atoms with E-state index in [1.54, 1.807) is 12.3 Å². The summed E-state index contributed by atoms with van der Waals surface area (Å²) < 4.78 is 0.892. The first-order valence-electron chi connectivity index (χ1n) is 5.35. The molecule has 0 aliphatic heterocycles. The van der Waals surface area contributed by atoms with Gasteiger partial charge in [0.1, 0.15) is 5.82 Å². The molecule has 0 bridgehead atoms. The molecule has 0 aromatic carbocycles. The summed E-state index contributed by atoms with van der Waals surface area (Å²) in [5, 5.41) is 2.79. The molecule has 3 N–H and O–H groups in total. The summed E-state index contributed by atoms with van der Waals surface area (Å²) in [5.41, 5.74) is 5.87. The monoisotopic (exact) mass is 283 g/mol. The maximum Gasteiger partial charge on any atom is 0.230 e. The Balaban J connectivity index is 1.99. The fraction of sp³-hybridized carbons (Fsp3) is 0.455. The average Bonchev–Trinajstić information content (AvgIpc) is 2.68. The molecule has 1 aliphatic rings. The van der Waals surface area contributed by atoms with Gasteiger partial charge >= 0.3 is 0 Å². The van der Waals surface area contributed by atoms with Crippen LogP contribution in [0.2, 0.25) is 0 Å². The van der Waals surface area contributed by atoms with Crippen molar-refractivity contribution in [3.05, 3.63) is 22.8 Å².